The quantitative estimate of drug-likeness (QED) is 0.890. The van der Waals surface area contributed by atoms with Crippen LogP contribution in [0.1, 0.15) is 5.56 Å². The first-order chi connectivity index (χ1) is 8.78. The monoisotopic (exact) mass is 263 g/mol. The fraction of sp³-hybridized carbons (Fsp3) is 0.167. The van der Waals surface area contributed by atoms with Crippen LogP contribution >= 0.6 is 11.3 Å². The molecule has 0 aliphatic carbocycles. The van der Waals surface area contributed by atoms with Gasteiger partial charge in [-0.1, -0.05) is 12.1 Å². The molecule has 6 heteroatoms. The third kappa shape index (κ3) is 3.46. The number of nitrogens with zero attached hydrogens (tertiary/aromatic N) is 1. The number of carbonyl (C=O) groups excluding carboxylic acids is 1. The molecule has 0 aliphatic rings. The van der Waals surface area contributed by atoms with E-state index in [1.165, 1.54) is 11.3 Å². The Kier molecular flexibility index (Phi) is 4.14. The van der Waals surface area contributed by atoms with Crippen LogP contribution in [0.15, 0.2) is 35.8 Å². The molecule has 1 aromatic heterocycles. The molecule has 0 fully saturated rings. The Balaban J connectivity index is 1.81. The van der Waals surface area contributed by atoms with Crippen molar-refractivity contribution >= 4 is 22.5 Å². The number of carbonyl (C=O) groups is 1. The molecule has 2 rings (SSSR count). The van der Waals surface area contributed by atoms with Crippen molar-refractivity contribution in [3.63, 3.8) is 0 Å². The van der Waals surface area contributed by atoms with Crippen LogP contribution in [0.5, 0.6) is 5.75 Å². The minimum Gasteiger partial charge on any atom is -0.497 e. The second kappa shape index (κ2) is 6.02. The van der Waals surface area contributed by atoms with Crippen LogP contribution < -0.4 is 15.4 Å². The van der Waals surface area contributed by atoms with Crippen molar-refractivity contribution in [2.24, 2.45) is 0 Å². The fourth-order valence-corrected chi connectivity index (χ4v) is 1.88. The Morgan fingerprint density at radius 3 is 2.78 bits per heavy atom. The predicted octanol–water partition coefficient (Wildman–Crippen LogP) is 2.47. The minimum atomic E-state index is -0.263. The Morgan fingerprint density at radius 2 is 2.17 bits per heavy atom. The molecule has 18 heavy (non-hydrogen) atoms. The third-order valence-electron chi connectivity index (χ3n) is 2.26. The summed E-state index contributed by atoms with van der Waals surface area (Å²) in [6.45, 7) is 0.460. The SMILES string of the molecule is COc1ccc(CNC(=O)Nc2nccs2)cc1. The number of urea groups is 1. The average Bonchev–Trinajstić information content (AvgIpc) is 2.90. The summed E-state index contributed by atoms with van der Waals surface area (Å²) in [6, 6.07) is 7.26. The number of amides is 2. The van der Waals surface area contributed by atoms with Gasteiger partial charge in [0, 0.05) is 18.1 Å². The third-order valence-corrected chi connectivity index (χ3v) is 2.95. The van der Waals surface area contributed by atoms with Crippen LogP contribution in [0.2, 0.25) is 0 Å². The van der Waals surface area contributed by atoms with E-state index in [2.05, 4.69) is 15.6 Å². The topological polar surface area (TPSA) is 63.2 Å². The maximum Gasteiger partial charge on any atom is 0.321 e. The summed E-state index contributed by atoms with van der Waals surface area (Å²) in [5.74, 6) is 0.797. The molecule has 0 atom stereocenters. The van der Waals surface area contributed by atoms with Crippen LogP contribution in [0.4, 0.5) is 9.93 Å². The summed E-state index contributed by atoms with van der Waals surface area (Å²) in [7, 11) is 1.62. The van der Waals surface area contributed by atoms with E-state index in [0.717, 1.165) is 11.3 Å². The summed E-state index contributed by atoms with van der Waals surface area (Å²) < 4.78 is 5.06. The molecule has 1 aromatic carbocycles. The second-order valence-electron chi connectivity index (χ2n) is 3.49. The first-order valence-corrected chi connectivity index (χ1v) is 6.23. The van der Waals surface area contributed by atoms with Gasteiger partial charge in [-0.2, -0.15) is 0 Å². The van der Waals surface area contributed by atoms with Crippen LogP contribution in [-0.4, -0.2) is 18.1 Å². The molecular weight excluding hydrogens is 250 g/mol. The van der Waals surface area contributed by atoms with E-state index in [-0.39, 0.29) is 6.03 Å². The number of rotatable bonds is 4. The number of aromatic nitrogens is 1. The molecule has 0 aliphatic heterocycles. The van der Waals surface area contributed by atoms with Crippen LogP contribution in [0.3, 0.4) is 0 Å². The van der Waals surface area contributed by atoms with Gasteiger partial charge in [0.25, 0.3) is 0 Å². The maximum absolute atomic E-state index is 11.5. The Morgan fingerprint density at radius 1 is 1.39 bits per heavy atom. The lowest BCUT2D eigenvalue weighted by atomic mass is 10.2. The molecule has 1 heterocycles. The zero-order chi connectivity index (χ0) is 12.8. The largest absolute Gasteiger partial charge is 0.497 e. The minimum absolute atomic E-state index is 0.263. The zero-order valence-corrected chi connectivity index (χ0v) is 10.7. The normalized spacial score (nSPS) is 9.83. The lowest BCUT2D eigenvalue weighted by Gasteiger charge is -2.06. The molecule has 0 radical (unpaired) electrons. The highest BCUT2D eigenvalue weighted by Crippen LogP contribution is 2.12. The predicted molar refractivity (Wildman–Crippen MR) is 71.0 cm³/mol. The number of methoxy groups -OCH3 is 1. The number of benzene rings is 1. The van der Waals surface area contributed by atoms with Gasteiger partial charge in [-0.15, -0.1) is 11.3 Å². The standard InChI is InChI=1S/C12H13N3O2S/c1-17-10-4-2-9(3-5-10)8-14-11(16)15-12-13-6-7-18-12/h2-7H,8H2,1H3,(H2,13,14,15,16). The highest BCUT2D eigenvalue weighted by molar-refractivity contribution is 7.13. The number of anilines is 1. The molecule has 0 spiro atoms. The summed E-state index contributed by atoms with van der Waals surface area (Å²) in [5, 5.41) is 7.79. The van der Waals surface area contributed by atoms with Gasteiger partial charge in [0.15, 0.2) is 5.13 Å². The van der Waals surface area contributed by atoms with Crippen molar-refractivity contribution in [3.8, 4) is 5.75 Å². The summed E-state index contributed by atoms with van der Waals surface area (Å²) in [4.78, 5) is 15.5. The fourth-order valence-electron chi connectivity index (χ4n) is 1.35. The Bertz CT molecular complexity index is 497. The highest BCUT2D eigenvalue weighted by atomic mass is 32.1. The van der Waals surface area contributed by atoms with Gasteiger partial charge in [-0.05, 0) is 17.7 Å². The number of hydrogen-bond acceptors (Lipinski definition) is 4. The van der Waals surface area contributed by atoms with E-state index in [1.807, 2.05) is 24.3 Å². The van der Waals surface area contributed by atoms with Gasteiger partial charge < -0.3 is 10.1 Å². The van der Waals surface area contributed by atoms with Crippen molar-refractivity contribution < 1.29 is 9.53 Å². The van der Waals surface area contributed by atoms with E-state index < -0.39 is 0 Å². The molecule has 2 N–H and O–H groups in total. The molecule has 2 aromatic rings. The molecule has 94 valence electrons. The Labute approximate surface area is 109 Å². The van der Waals surface area contributed by atoms with Crippen LogP contribution in [-0.2, 0) is 6.54 Å². The van der Waals surface area contributed by atoms with Crippen molar-refractivity contribution in [3.05, 3.63) is 41.4 Å². The number of nitrogens with one attached hydrogen (secondary N) is 2. The first-order valence-electron chi connectivity index (χ1n) is 5.35. The second-order valence-corrected chi connectivity index (χ2v) is 4.39. The lowest BCUT2D eigenvalue weighted by molar-refractivity contribution is 0.251. The molecular formula is C12H13N3O2S. The summed E-state index contributed by atoms with van der Waals surface area (Å²) in [5.41, 5.74) is 1.00. The van der Waals surface area contributed by atoms with Crippen molar-refractivity contribution in [2.45, 2.75) is 6.54 Å². The molecule has 0 saturated heterocycles. The van der Waals surface area contributed by atoms with E-state index in [0.29, 0.717) is 11.7 Å². The van der Waals surface area contributed by atoms with E-state index in [4.69, 9.17) is 4.74 Å². The van der Waals surface area contributed by atoms with E-state index in [1.54, 1.807) is 18.7 Å². The van der Waals surface area contributed by atoms with Gasteiger partial charge in [-0.25, -0.2) is 9.78 Å². The van der Waals surface area contributed by atoms with Gasteiger partial charge in [0.1, 0.15) is 5.75 Å². The summed E-state index contributed by atoms with van der Waals surface area (Å²) >= 11 is 1.38. The number of thiazole rings is 1. The molecule has 0 bridgehead atoms. The van der Waals surface area contributed by atoms with Crippen molar-refractivity contribution in [2.75, 3.05) is 12.4 Å². The van der Waals surface area contributed by atoms with Crippen LogP contribution in [0, 0.1) is 0 Å². The van der Waals surface area contributed by atoms with Crippen LogP contribution in [0.25, 0.3) is 0 Å². The van der Waals surface area contributed by atoms with Gasteiger partial charge >= 0.3 is 6.03 Å². The highest BCUT2D eigenvalue weighted by Gasteiger charge is 2.03. The van der Waals surface area contributed by atoms with Crippen molar-refractivity contribution in [1.82, 2.24) is 10.3 Å². The number of ether oxygens (including phenoxy) is 1. The van der Waals surface area contributed by atoms with E-state index in [9.17, 15) is 4.79 Å². The molecule has 5 nitrogen and oxygen atoms in total. The average molecular weight is 263 g/mol. The van der Waals surface area contributed by atoms with Gasteiger partial charge in [-0.3, -0.25) is 5.32 Å². The van der Waals surface area contributed by atoms with Gasteiger partial charge in [0.05, 0.1) is 7.11 Å². The molecule has 2 amide bonds. The zero-order valence-electron chi connectivity index (χ0n) is 9.84. The maximum atomic E-state index is 11.5. The first kappa shape index (κ1) is 12.4. The smallest absolute Gasteiger partial charge is 0.321 e. The lowest BCUT2D eigenvalue weighted by Crippen LogP contribution is -2.28. The van der Waals surface area contributed by atoms with E-state index >= 15 is 0 Å². The Hall–Kier alpha value is -2.08. The number of hydrogen-bond donors (Lipinski definition) is 2. The van der Waals surface area contributed by atoms with Crippen molar-refractivity contribution in [1.29, 1.82) is 0 Å². The summed E-state index contributed by atoms with van der Waals surface area (Å²) in [6.07, 6.45) is 1.64. The van der Waals surface area contributed by atoms with Gasteiger partial charge in [0.2, 0.25) is 0 Å². The molecule has 0 unspecified atom stereocenters. The molecule has 0 saturated carbocycles.